The number of thiazole rings is 1. The maximum atomic E-state index is 12.0. The molecule has 2 heterocycles. The van der Waals surface area contributed by atoms with E-state index >= 15 is 0 Å². The molecule has 1 aliphatic heterocycles. The predicted octanol–water partition coefficient (Wildman–Crippen LogP) is 3.42. The summed E-state index contributed by atoms with van der Waals surface area (Å²) in [7, 11) is 0. The van der Waals surface area contributed by atoms with Gasteiger partial charge in [0, 0.05) is 25.2 Å². The van der Waals surface area contributed by atoms with E-state index in [1.54, 1.807) is 11.3 Å². The van der Waals surface area contributed by atoms with Crippen molar-refractivity contribution < 1.29 is 9.59 Å². The number of aromatic nitrogens is 1. The molecule has 0 bridgehead atoms. The van der Waals surface area contributed by atoms with Gasteiger partial charge in [-0.25, -0.2) is 9.78 Å². The van der Waals surface area contributed by atoms with E-state index in [2.05, 4.69) is 15.6 Å². The monoisotopic (exact) mass is 380 g/mol. The molecule has 2 N–H and O–H groups in total. The number of amides is 3. The van der Waals surface area contributed by atoms with Crippen LogP contribution in [0.3, 0.4) is 0 Å². The van der Waals surface area contributed by atoms with E-state index in [4.69, 9.17) is 0 Å². The molecule has 0 spiro atoms. The fraction of sp³-hybridized carbons (Fsp3) is 0.250. The molecule has 2 aromatic carbocycles. The predicted molar refractivity (Wildman–Crippen MR) is 107 cm³/mol. The Balaban J connectivity index is 1.27. The van der Waals surface area contributed by atoms with Gasteiger partial charge in [0.25, 0.3) is 0 Å². The number of nitrogens with one attached hydrogen (secondary N) is 2. The minimum absolute atomic E-state index is 0.176. The highest BCUT2D eigenvalue weighted by atomic mass is 32.1. The lowest BCUT2D eigenvalue weighted by molar-refractivity contribution is -0.117. The summed E-state index contributed by atoms with van der Waals surface area (Å²) in [6.45, 7) is 1.62. The van der Waals surface area contributed by atoms with Gasteiger partial charge in [-0.15, -0.1) is 11.3 Å². The average molecular weight is 380 g/mol. The quantitative estimate of drug-likeness (QED) is 0.712. The second-order valence-corrected chi connectivity index (χ2v) is 7.54. The lowest BCUT2D eigenvalue weighted by Gasteiger charge is -2.16. The summed E-state index contributed by atoms with van der Waals surface area (Å²) in [5, 5.41) is 6.56. The molecule has 0 saturated carbocycles. The number of benzene rings is 2. The van der Waals surface area contributed by atoms with E-state index in [0.29, 0.717) is 19.5 Å². The van der Waals surface area contributed by atoms with Crippen molar-refractivity contribution in [3.63, 3.8) is 0 Å². The number of hydrogen-bond acceptors (Lipinski definition) is 4. The van der Waals surface area contributed by atoms with Crippen LogP contribution in [-0.2, 0) is 17.9 Å². The molecule has 1 aliphatic rings. The number of carbonyl (C=O) groups is 2. The third-order valence-corrected chi connectivity index (χ3v) is 5.55. The van der Waals surface area contributed by atoms with E-state index in [1.807, 2.05) is 53.4 Å². The van der Waals surface area contributed by atoms with Crippen LogP contribution in [0.1, 0.15) is 23.4 Å². The van der Waals surface area contributed by atoms with Crippen LogP contribution in [0.5, 0.6) is 0 Å². The Morgan fingerprint density at radius 1 is 1.07 bits per heavy atom. The summed E-state index contributed by atoms with van der Waals surface area (Å²) in [6.07, 6.45) is 1.54. The van der Waals surface area contributed by atoms with Gasteiger partial charge in [0.2, 0.25) is 5.91 Å². The molecular formula is C20H20N4O2S. The molecule has 0 radical (unpaired) electrons. The van der Waals surface area contributed by atoms with Gasteiger partial charge in [-0.2, -0.15) is 0 Å². The standard InChI is InChI=1S/C20H20N4O2S/c25-19-6-3-11-24(19)15-9-7-14(8-10-15)12-21-20(26)22-13-18-23-16-4-1-2-5-17(16)27-18/h1-2,4-5,7-10H,3,6,11-13H2,(H2,21,22,26). The molecule has 3 aromatic rings. The van der Waals surface area contributed by atoms with Crippen LogP contribution in [0.15, 0.2) is 48.5 Å². The van der Waals surface area contributed by atoms with Gasteiger partial charge < -0.3 is 15.5 Å². The molecule has 27 heavy (non-hydrogen) atoms. The van der Waals surface area contributed by atoms with Crippen molar-refractivity contribution in [3.05, 3.63) is 59.1 Å². The Bertz CT molecular complexity index is 935. The topological polar surface area (TPSA) is 74.3 Å². The molecular weight excluding hydrogens is 360 g/mol. The molecule has 0 aliphatic carbocycles. The van der Waals surface area contributed by atoms with E-state index in [0.717, 1.165) is 39.4 Å². The Morgan fingerprint density at radius 2 is 1.85 bits per heavy atom. The van der Waals surface area contributed by atoms with Crippen LogP contribution in [0, 0.1) is 0 Å². The number of para-hydroxylation sites is 1. The number of hydrogen-bond donors (Lipinski definition) is 2. The average Bonchev–Trinajstić information content (AvgIpc) is 3.30. The molecule has 1 aromatic heterocycles. The molecule has 0 unspecified atom stereocenters. The van der Waals surface area contributed by atoms with Gasteiger partial charge in [-0.05, 0) is 36.2 Å². The molecule has 138 valence electrons. The van der Waals surface area contributed by atoms with Crippen molar-refractivity contribution in [2.75, 3.05) is 11.4 Å². The van der Waals surface area contributed by atoms with Crippen LogP contribution in [0.4, 0.5) is 10.5 Å². The maximum absolute atomic E-state index is 12.0. The molecule has 0 atom stereocenters. The Kier molecular flexibility index (Phi) is 5.02. The second kappa shape index (κ2) is 7.75. The highest BCUT2D eigenvalue weighted by molar-refractivity contribution is 7.18. The van der Waals surface area contributed by atoms with Crippen molar-refractivity contribution in [2.45, 2.75) is 25.9 Å². The van der Waals surface area contributed by atoms with Crippen LogP contribution >= 0.6 is 11.3 Å². The number of urea groups is 1. The Labute approximate surface area is 161 Å². The molecule has 6 nitrogen and oxygen atoms in total. The van der Waals surface area contributed by atoms with Gasteiger partial charge >= 0.3 is 6.03 Å². The minimum atomic E-state index is -0.229. The van der Waals surface area contributed by atoms with Gasteiger partial charge in [0.15, 0.2) is 0 Å². The first kappa shape index (κ1) is 17.5. The number of rotatable bonds is 5. The van der Waals surface area contributed by atoms with Crippen molar-refractivity contribution in [2.24, 2.45) is 0 Å². The zero-order chi connectivity index (χ0) is 18.6. The van der Waals surface area contributed by atoms with Crippen LogP contribution in [0.25, 0.3) is 10.2 Å². The van der Waals surface area contributed by atoms with E-state index in [1.165, 1.54) is 0 Å². The third-order valence-electron chi connectivity index (χ3n) is 4.51. The SMILES string of the molecule is O=C(NCc1ccc(N2CCCC2=O)cc1)NCc1nc2ccccc2s1. The van der Waals surface area contributed by atoms with Crippen LogP contribution in [-0.4, -0.2) is 23.5 Å². The number of nitrogens with zero attached hydrogens (tertiary/aromatic N) is 2. The maximum Gasteiger partial charge on any atom is 0.315 e. The van der Waals surface area contributed by atoms with Gasteiger partial charge in [-0.3, -0.25) is 4.79 Å². The van der Waals surface area contributed by atoms with Crippen LogP contribution < -0.4 is 15.5 Å². The summed E-state index contributed by atoms with van der Waals surface area (Å²) in [4.78, 5) is 30.1. The summed E-state index contributed by atoms with van der Waals surface area (Å²) >= 11 is 1.58. The molecule has 1 fully saturated rings. The fourth-order valence-corrected chi connectivity index (χ4v) is 4.02. The van der Waals surface area contributed by atoms with Gasteiger partial charge in [0.1, 0.15) is 5.01 Å². The summed E-state index contributed by atoms with van der Waals surface area (Å²) < 4.78 is 1.12. The Hall–Kier alpha value is -2.93. The van der Waals surface area contributed by atoms with Crippen molar-refractivity contribution >= 4 is 39.2 Å². The number of carbonyl (C=O) groups excluding carboxylic acids is 2. The van der Waals surface area contributed by atoms with E-state index in [-0.39, 0.29) is 11.9 Å². The zero-order valence-electron chi connectivity index (χ0n) is 14.8. The first-order chi connectivity index (χ1) is 13.2. The lowest BCUT2D eigenvalue weighted by atomic mass is 10.2. The van der Waals surface area contributed by atoms with E-state index < -0.39 is 0 Å². The summed E-state index contributed by atoms with van der Waals surface area (Å²) in [5.74, 6) is 0.176. The normalized spacial score (nSPS) is 13.9. The van der Waals surface area contributed by atoms with Gasteiger partial charge in [0.05, 0.1) is 16.8 Å². The van der Waals surface area contributed by atoms with Crippen molar-refractivity contribution in [1.29, 1.82) is 0 Å². The second-order valence-electron chi connectivity index (χ2n) is 6.43. The fourth-order valence-electron chi connectivity index (χ4n) is 3.11. The Morgan fingerprint density at radius 3 is 2.59 bits per heavy atom. The summed E-state index contributed by atoms with van der Waals surface area (Å²) in [6, 6.07) is 15.4. The lowest BCUT2D eigenvalue weighted by Crippen LogP contribution is -2.34. The smallest absolute Gasteiger partial charge is 0.315 e. The first-order valence-corrected chi connectivity index (χ1v) is 9.76. The number of fused-ring (bicyclic) bond motifs is 1. The largest absolute Gasteiger partial charge is 0.334 e. The molecule has 1 saturated heterocycles. The van der Waals surface area contributed by atoms with Crippen LogP contribution in [0.2, 0.25) is 0 Å². The minimum Gasteiger partial charge on any atom is -0.334 e. The molecule has 3 amide bonds. The first-order valence-electron chi connectivity index (χ1n) is 8.94. The molecule has 4 rings (SSSR count). The van der Waals surface area contributed by atoms with E-state index in [9.17, 15) is 9.59 Å². The highest BCUT2D eigenvalue weighted by Gasteiger charge is 2.21. The highest BCUT2D eigenvalue weighted by Crippen LogP contribution is 2.22. The number of anilines is 1. The van der Waals surface area contributed by atoms with Gasteiger partial charge in [-0.1, -0.05) is 24.3 Å². The molecule has 7 heteroatoms. The van der Waals surface area contributed by atoms with Crippen molar-refractivity contribution in [3.8, 4) is 0 Å². The zero-order valence-corrected chi connectivity index (χ0v) is 15.6. The van der Waals surface area contributed by atoms with Crippen molar-refractivity contribution in [1.82, 2.24) is 15.6 Å². The summed E-state index contributed by atoms with van der Waals surface area (Å²) in [5.41, 5.74) is 2.86. The third kappa shape index (κ3) is 4.09.